The maximum Gasteiger partial charge on any atom is 0.241 e. The lowest BCUT2D eigenvalue weighted by Crippen LogP contribution is -2.28. The first-order valence-corrected chi connectivity index (χ1v) is 7.74. The first kappa shape index (κ1) is 15.6. The van der Waals surface area contributed by atoms with Crippen molar-refractivity contribution in [3.8, 4) is 0 Å². The van der Waals surface area contributed by atoms with Crippen molar-refractivity contribution in [2.75, 3.05) is 0 Å². The van der Waals surface area contributed by atoms with Crippen LogP contribution in [-0.4, -0.2) is 18.5 Å². The number of rotatable bonds is 5. The summed E-state index contributed by atoms with van der Waals surface area (Å²) >= 11 is 0. The average molecular weight is 310 g/mol. The minimum atomic E-state index is -3.94. The fourth-order valence-electron chi connectivity index (χ4n) is 1.93. The highest BCUT2D eigenvalue weighted by molar-refractivity contribution is 7.89. The third kappa shape index (κ3) is 3.63. The second-order valence-corrected chi connectivity index (χ2v) is 6.22. The van der Waals surface area contributed by atoms with Gasteiger partial charge in [0.15, 0.2) is 0 Å². The number of aliphatic hydroxyl groups excluding tert-OH is 1. The molecule has 0 saturated heterocycles. The Labute approximate surface area is 122 Å². The van der Waals surface area contributed by atoms with Crippen LogP contribution in [0.1, 0.15) is 24.1 Å². The van der Waals surface area contributed by atoms with Crippen molar-refractivity contribution in [3.05, 3.63) is 59.7 Å². The summed E-state index contributed by atoms with van der Waals surface area (Å²) < 4.78 is 40.4. The van der Waals surface area contributed by atoms with Gasteiger partial charge in [0.2, 0.25) is 10.0 Å². The molecule has 0 aliphatic carbocycles. The second kappa shape index (κ2) is 6.30. The van der Waals surface area contributed by atoms with Crippen molar-refractivity contribution in [2.45, 2.75) is 24.5 Å². The van der Waals surface area contributed by atoms with Crippen LogP contribution < -0.4 is 4.72 Å². The van der Waals surface area contributed by atoms with Crippen LogP contribution in [0.3, 0.4) is 0 Å². The number of aromatic nitrogens is 1. The zero-order chi connectivity index (χ0) is 15.5. The number of sulfonamides is 1. The van der Waals surface area contributed by atoms with Crippen LogP contribution in [0.4, 0.5) is 4.39 Å². The number of hydrogen-bond donors (Lipinski definition) is 2. The van der Waals surface area contributed by atoms with E-state index in [-0.39, 0.29) is 10.5 Å². The molecule has 1 aromatic carbocycles. The molecule has 5 nitrogen and oxygen atoms in total. The van der Waals surface area contributed by atoms with Crippen molar-refractivity contribution in [1.29, 1.82) is 0 Å². The molecule has 21 heavy (non-hydrogen) atoms. The average Bonchev–Trinajstić information content (AvgIpc) is 2.47. The molecule has 0 fully saturated rings. The summed E-state index contributed by atoms with van der Waals surface area (Å²) in [5.41, 5.74) is 0.876. The maximum atomic E-state index is 13.3. The van der Waals surface area contributed by atoms with E-state index in [0.717, 1.165) is 17.7 Å². The molecule has 0 aliphatic heterocycles. The van der Waals surface area contributed by atoms with E-state index >= 15 is 0 Å². The van der Waals surface area contributed by atoms with E-state index in [9.17, 15) is 17.9 Å². The molecule has 1 aromatic heterocycles. The van der Waals surface area contributed by atoms with Crippen LogP contribution in [-0.2, 0) is 16.6 Å². The smallest absolute Gasteiger partial charge is 0.241 e. The number of halogens is 1. The predicted molar refractivity (Wildman–Crippen MR) is 75.3 cm³/mol. The largest absolute Gasteiger partial charge is 0.392 e. The highest BCUT2D eigenvalue weighted by Crippen LogP contribution is 2.20. The van der Waals surface area contributed by atoms with Crippen LogP contribution >= 0.6 is 0 Å². The number of nitrogens with zero attached hydrogens (tertiary/aromatic N) is 1. The van der Waals surface area contributed by atoms with Crippen molar-refractivity contribution >= 4 is 10.0 Å². The molecule has 1 heterocycles. The Kier molecular flexibility index (Phi) is 4.66. The van der Waals surface area contributed by atoms with Gasteiger partial charge < -0.3 is 5.11 Å². The summed E-state index contributed by atoms with van der Waals surface area (Å²) in [5.74, 6) is -0.677. The van der Waals surface area contributed by atoms with Gasteiger partial charge >= 0.3 is 0 Å². The standard InChI is InChI=1S/C14H15FN2O3S/c1-10(11-4-6-16-7-5-11)17-21(19,20)14-8-13(15)3-2-12(14)9-18/h2-8,10,17-18H,9H2,1H3. The Morgan fingerprint density at radius 1 is 1.29 bits per heavy atom. The van der Waals surface area contributed by atoms with Crippen LogP contribution in [0, 0.1) is 5.82 Å². The molecule has 1 unspecified atom stereocenters. The monoisotopic (exact) mass is 310 g/mol. The van der Waals surface area contributed by atoms with E-state index < -0.39 is 28.5 Å². The van der Waals surface area contributed by atoms with Gasteiger partial charge in [0.25, 0.3) is 0 Å². The molecule has 0 radical (unpaired) electrons. The molecule has 112 valence electrons. The van der Waals surface area contributed by atoms with Gasteiger partial charge in [0.05, 0.1) is 11.5 Å². The van der Waals surface area contributed by atoms with E-state index in [1.807, 2.05) is 0 Å². The molecular formula is C14H15FN2O3S. The van der Waals surface area contributed by atoms with Gasteiger partial charge in [0, 0.05) is 18.4 Å². The van der Waals surface area contributed by atoms with Crippen molar-refractivity contribution in [1.82, 2.24) is 9.71 Å². The Morgan fingerprint density at radius 2 is 1.95 bits per heavy atom. The van der Waals surface area contributed by atoms with Crippen molar-refractivity contribution in [2.24, 2.45) is 0 Å². The first-order chi connectivity index (χ1) is 9.94. The minimum absolute atomic E-state index is 0.144. The van der Waals surface area contributed by atoms with Gasteiger partial charge in [-0.2, -0.15) is 0 Å². The minimum Gasteiger partial charge on any atom is -0.392 e. The predicted octanol–water partition coefficient (Wildman–Crippen LogP) is 1.75. The molecule has 2 N–H and O–H groups in total. The lowest BCUT2D eigenvalue weighted by atomic mass is 10.1. The van der Waals surface area contributed by atoms with Crippen LogP contribution in [0.25, 0.3) is 0 Å². The normalized spacial score (nSPS) is 13.1. The van der Waals surface area contributed by atoms with Crippen LogP contribution in [0.2, 0.25) is 0 Å². The molecule has 2 rings (SSSR count). The third-order valence-electron chi connectivity index (χ3n) is 3.03. The summed E-state index contributed by atoms with van der Waals surface area (Å²) in [5, 5.41) is 9.20. The lowest BCUT2D eigenvalue weighted by molar-refractivity contribution is 0.278. The lowest BCUT2D eigenvalue weighted by Gasteiger charge is -2.16. The Bertz CT molecular complexity index is 720. The van der Waals surface area contributed by atoms with Crippen molar-refractivity contribution < 1.29 is 17.9 Å². The summed E-state index contributed by atoms with van der Waals surface area (Å²) in [4.78, 5) is 3.60. The highest BCUT2D eigenvalue weighted by atomic mass is 32.2. The van der Waals surface area contributed by atoms with Gasteiger partial charge in [0.1, 0.15) is 5.82 Å². The van der Waals surface area contributed by atoms with E-state index in [1.165, 1.54) is 6.07 Å². The SMILES string of the molecule is CC(NS(=O)(=O)c1cc(F)ccc1CO)c1ccncc1. The topological polar surface area (TPSA) is 79.3 Å². The number of hydrogen-bond acceptors (Lipinski definition) is 4. The molecular weight excluding hydrogens is 295 g/mol. The fraction of sp³-hybridized carbons (Fsp3) is 0.214. The van der Waals surface area contributed by atoms with Gasteiger partial charge in [-0.3, -0.25) is 4.98 Å². The third-order valence-corrected chi connectivity index (χ3v) is 4.65. The quantitative estimate of drug-likeness (QED) is 0.882. The molecule has 0 spiro atoms. The fourth-order valence-corrected chi connectivity index (χ4v) is 3.40. The maximum absolute atomic E-state index is 13.3. The molecule has 0 aliphatic rings. The molecule has 1 atom stereocenters. The number of aliphatic hydroxyl groups is 1. The zero-order valence-corrected chi connectivity index (χ0v) is 12.1. The molecule has 2 aromatic rings. The van der Waals surface area contributed by atoms with Gasteiger partial charge in [-0.05, 0) is 42.3 Å². The van der Waals surface area contributed by atoms with E-state index in [1.54, 1.807) is 31.5 Å². The van der Waals surface area contributed by atoms with E-state index in [4.69, 9.17) is 0 Å². The number of nitrogens with one attached hydrogen (secondary N) is 1. The molecule has 0 bridgehead atoms. The van der Waals surface area contributed by atoms with Crippen LogP contribution in [0.15, 0.2) is 47.6 Å². The van der Waals surface area contributed by atoms with Gasteiger partial charge in [-0.25, -0.2) is 17.5 Å². The molecule has 0 amide bonds. The van der Waals surface area contributed by atoms with E-state index in [0.29, 0.717) is 0 Å². The second-order valence-electron chi connectivity index (χ2n) is 4.53. The Morgan fingerprint density at radius 3 is 2.57 bits per heavy atom. The highest BCUT2D eigenvalue weighted by Gasteiger charge is 2.22. The summed E-state index contributed by atoms with van der Waals surface area (Å²) in [6.07, 6.45) is 3.11. The number of benzene rings is 1. The van der Waals surface area contributed by atoms with E-state index in [2.05, 4.69) is 9.71 Å². The summed E-state index contributed by atoms with van der Waals surface area (Å²) in [7, 11) is -3.94. The summed E-state index contributed by atoms with van der Waals surface area (Å²) in [6.45, 7) is 1.19. The zero-order valence-electron chi connectivity index (χ0n) is 11.3. The Balaban J connectivity index is 2.33. The van der Waals surface area contributed by atoms with Gasteiger partial charge in [-0.15, -0.1) is 0 Å². The van der Waals surface area contributed by atoms with Gasteiger partial charge in [-0.1, -0.05) is 6.07 Å². The molecule has 7 heteroatoms. The number of pyridine rings is 1. The van der Waals surface area contributed by atoms with Crippen LogP contribution in [0.5, 0.6) is 0 Å². The van der Waals surface area contributed by atoms with Crippen molar-refractivity contribution in [3.63, 3.8) is 0 Å². The first-order valence-electron chi connectivity index (χ1n) is 6.25. The molecule has 0 saturated carbocycles. The summed E-state index contributed by atoms with van der Waals surface area (Å²) in [6, 6.07) is 6.12. The Hall–Kier alpha value is -1.83.